The molecule has 0 aromatic heterocycles. The highest BCUT2D eigenvalue weighted by atomic mass is 28.4. The Kier molecular flexibility index (Phi) is 6.53. The zero-order valence-corrected chi connectivity index (χ0v) is 19.5. The van der Waals surface area contributed by atoms with Crippen molar-refractivity contribution in [1.29, 1.82) is 0 Å². The lowest BCUT2D eigenvalue weighted by Gasteiger charge is -2.39. The first-order valence-corrected chi connectivity index (χ1v) is 13.1. The molecule has 1 atom stereocenters. The predicted octanol–water partition coefficient (Wildman–Crippen LogP) is 6.18. The Labute approximate surface area is 166 Å². The first-order chi connectivity index (χ1) is 12.4. The number of hydrogen-bond donors (Lipinski definition) is 1. The third kappa shape index (κ3) is 5.38. The monoisotopic (exact) mass is 390 g/mol. The fourth-order valence-corrected chi connectivity index (χ4v) is 4.22. The highest BCUT2D eigenvalue weighted by molar-refractivity contribution is 6.74. The van der Waals surface area contributed by atoms with Crippen LogP contribution in [0, 0.1) is 6.92 Å². The molecular weight excluding hydrogens is 352 g/mol. The summed E-state index contributed by atoms with van der Waals surface area (Å²) < 4.78 is 13.0. The maximum atomic E-state index is 9.15. The van der Waals surface area contributed by atoms with Crippen LogP contribution in [0.25, 0.3) is 0 Å². The summed E-state index contributed by atoms with van der Waals surface area (Å²) in [5, 5.41) is 9.34. The Morgan fingerprint density at radius 3 is 2.59 bits per heavy atom. The van der Waals surface area contributed by atoms with Crippen molar-refractivity contribution in [2.24, 2.45) is 0 Å². The van der Waals surface area contributed by atoms with Gasteiger partial charge in [-0.15, -0.1) is 0 Å². The Bertz CT molecular complexity index is 700. The van der Waals surface area contributed by atoms with Crippen LogP contribution >= 0.6 is 0 Å². The quantitative estimate of drug-likeness (QED) is 0.465. The number of aliphatic hydroxyl groups is 1. The van der Waals surface area contributed by atoms with E-state index in [1.54, 1.807) is 0 Å². The lowest BCUT2D eigenvalue weighted by molar-refractivity contribution is 0.0562. The molecule has 1 aliphatic rings. The maximum Gasteiger partial charge on any atom is 0.250 e. The fourth-order valence-electron chi connectivity index (χ4n) is 3.21. The first kappa shape index (κ1) is 22.0. The van der Waals surface area contributed by atoms with Crippen LogP contribution in [-0.2, 0) is 6.42 Å². The van der Waals surface area contributed by atoms with Gasteiger partial charge in [-0.25, -0.2) is 0 Å². The van der Waals surface area contributed by atoms with Crippen molar-refractivity contribution in [2.75, 3.05) is 6.61 Å². The van der Waals surface area contributed by atoms with Gasteiger partial charge in [0.1, 0.15) is 17.1 Å². The number of rotatable bonds is 6. The smallest absolute Gasteiger partial charge is 0.250 e. The van der Waals surface area contributed by atoms with Crippen molar-refractivity contribution in [2.45, 2.75) is 91.0 Å². The van der Waals surface area contributed by atoms with Crippen LogP contribution in [0.3, 0.4) is 0 Å². The van der Waals surface area contributed by atoms with Crippen LogP contribution in [-0.4, -0.2) is 25.6 Å². The van der Waals surface area contributed by atoms with Crippen LogP contribution < -0.4 is 9.16 Å². The van der Waals surface area contributed by atoms with Crippen molar-refractivity contribution in [3.63, 3.8) is 0 Å². The molecule has 1 aliphatic heterocycles. The zero-order chi connectivity index (χ0) is 20.5. The van der Waals surface area contributed by atoms with Crippen LogP contribution in [0.1, 0.15) is 65.0 Å². The van der Waals surface area contributed by atoms with Crippen molar-refractivity contribution in [1.82, 2.24) is 0 Å². The molecule has 0 unspecified atom stereocenters. The van der Waals surface area contributed by atoms with E-state index in [9.17, 15) is 0 Å². The molecule has 0 spiro atoms. The van der Waals surface area contributed by atoms with Gasteiger partial charge in [0.2, 0.25) is 8.32 Å². The second-order valence-electron chi connectivity index (χ2n) is 9.89. The SMILES string of the molecule is C/C(=C\CC[C@]1(C)CCc2cc(O[Si](C)(C)C(C)(C)C)cc(C)c2O1)CO. The first-order valence-electron chi connectivity index (χ1n) is 10.1. The number of benzene rings is 1. The molecule has 4 heteroatoms. The molecular formula is C23H38O3Si. The molecule has 0 saturated heterocycles. The molecule has 1 aromatic carbocycles. The van der Waals surface area contributed by atoms with Gasteiger partial charge < -0.3 is 14.3 Å². The Morgan fingerprint density at radius 2 is 2.00 bits per heavy atom. The summed E-state index contributed by atoms with van der Waals surface area (Å²) in [5.74, 6) is 2.03. The van der Waals surface area contributed by atoms with E-state index < -0.39 is 8.32 Å². The molecule has 0 fully saturated rings. The molecule has 0 bridgehead atoms. The predicted molar refractivity (Wildman–Crippen MR) is 116 cm³/mol. The van der Waals surface area contributed by atoms with Crippen LogP contribution in [0.15, 0.2) is 23.8 Å². The van der Waals surface area contributed by atoms with E-state index in [2.05, 4.69) is 65.9 Å². The maximum absolute atomic E-state index is 9.15. The van der Waals surface area contributed by atoms with E-state index in [0.29, 0.717) is 0 Å². The summed E-state index contributed by atoms with van der Waals surface area (Å²) in [4.78, 5) is 0. The number of ether oxygens (including phenoxy) is 1. The molecule has 2 rings (SSSR count). The molecule has 0 radical (unpaired) electrons. The number of aryl methyl sites for hydroxylation is 2. The average molecular weight is 391 g/mol. The fraction of sp³-hybridized carbons (Fsp3) is 0.652. The third-order valence-corrected chi connectivity index (χ3v) is 10.5. The van der Waals surface area contributed by atoms with Crippen LogP contribution in [0.2, 0.25) is 18.1 Å². The van der Waals surface area contributed by atoms with Crippen molar-refractivity contribution < 1.29 is 14.3 Å². The molecule has 152 valence electrons. The van der Waals surface area contributed by atoms with E-state index in [1.807, 2.05) is 6.92 Å². The molecule has 1 heterocycles. The van der Waals surface area contributed by atoms with E-state index in [-0.39, 0.29) is 17.2 Å². The van der Waals surface area contributed by atoms with Gasteiger partial charge in [-0.1, -0.05) is 32.4 Å². The topological polar surface area (TPSA) is 38.7 Å². The Hall–Kier alpha value is -1.26. The summed E-state index contributed by atoms with van der Waals surface area (Å²) in [5.41, 5.74) is 3.31. The third-order valence-electron chi connectivity index (χ3n) is 6.19. The van der Waals surface area contributed by atoms with Crippen molar-refractivity contribution in [3.05, 3.63) is 34.9 Å². The summed E-state index contributed by atoms with van der Waals surface area (Å²) in [7, 11) is -1.84. The van der Waals surface area contributed by atoms with Gasteiger partial charge in [0.25, 0.3) is 0 Å². The number of allylic oxidation sites excluding steroid dienone is 1. The van der Waals surface area contributed by atoms with Gasteiger partial charge in [-0.05, 0) is 87.8 Å². The minimum Gasteiger partial charge on any atom is -0.543 e. The minimum absolute atomic E-state index is 0.135. The van der Waals surface area contributed by atoms with E-state index >= 15 is 0 Å². The Morgan fingerprint density at radius 1 is 1.33 bits per heavy atom. The van der Waals surface area contributed by atoms with Gasteiger partial charge in [0, 0.05) is 0 Å². The van der Waals surface area contributed by atoms with E-state index in [1.165, 1.54) is 5.56 Å². The largest absolute Gasteiger partial charge is 0.543 e. The van der Waals surface area contributed by atoms with Crippen LogP contribution in [0.5, 0.6) is 11.5 Å². The lowest BCUT2D eigenvalue weighted by Crippen LogP contribution is -2.44. The summed E-state index contributed by atoms with van der Waals surface area (Å²) in [6, 6.07) is 4.33. The van der Waals surface area contributed by atoms with Gasteiger partial charge in [-0.2, -0.15) is 0 Å². The normalized spacial score (nSPS) is 20.9. The molecule has 1 N–H and O–H groups in total. The van der Waals surface area contributed by atoms with Gasteiger partial charge >= 0.3 is 0 Å². The Balaban J connectivity index is 2.16. The molecule has 0 aliphatic carbocycles. The van der Waals surface area contributed by atoms with Crippen LogP contribution in [0.4, 0.5) is 0 Å². The summed E-state index contributed by atoms with van der Waals surface area (Å²) in [6.07, 6.45) is 6.04. The second kappa shape index (κ2) is 8.00. The minimum atomic E-state index is -1.84. The van der Waals surface area contributed by atoms with E-state index in [0.717, 1.165) is 48.3 Å². The van der Waals surface area contributed by atoms with Gasteiger partial charge in [0.05, 0.1) is 6.61 Å². The highest BCUT2D eigenvalue weighted by Crippen LogP contribution is 2.42. The highest BCUT2D eigenvalue weighted by Gasteiger charge is 2.39. The molecule has 0 amide bonds. The number of hydrogen-bond acceptors (Lipinski definition) is 3. The molecule has 3 nitrogen and oxygen atoms in total. The second-order valence-corrected chi connectivity index (χ2v) is 14.6. The van der Waals surface area contributed by atoms with Crippen molar-refractivity contribution >= 4 is 8.32 Å². The zero-order valence-electron chi connectivity index (χ0n) is 18.5. The summed E-state index contributed by atoms with van der Waals surface area (Å²) in [6.45, 7) is 17.8. The molecule has 1 aromatic rings. The van der Waals surface area contributed by atoms with Gasteiger partial charge in [0.15, 0.2) is 0 Å². The number of fused-ring (bicyclic) bond motifs is 1. The number of aliphatic hydroxyl groups excluding tert-OH is 1. The molecule has 0 saturated carbocycles. The van der Waals surface area contributed by atoms with E-state index in [4.69, 9.17) is 14.3 Å². The average Bonchev–Trinajstić information content (AvgIpc) is 2.54. The summed E-state index contributed by atoms with van der Waals surface area (Å²) >= 11 is 0. The lowest BCUT2D eigenvalue weighted by atomic mass is 9.87. The standard InChI is InChI=1S/C23H38O3Si/c1-17(16-24)10-9-12-23(6)13-11-19-15-20(14-18(2)21(19)25-23)26-27(7,8)22(3,4)5/h10,14-15,24H,9,11-13,16H2,1-8H3/b17-10+/t23-/m1/s1. The van der Waals surface area contributed by atoms with Crippen molar-refractivity contribution in [3.8, 4) is 11.5 Å². The molecule has 27 heavy (non-hydrogen) atoms. The van der Waals surface area contributed by atoms with Gasteiger partial charge in [-0.3, -0.25) is 0 Å².